The zero-order chi connectivity index (χ0) is 16.5. The molecular formula is C17H15N3O4. The minimum Gasteiger partial charge on any atom is -0.454 e. The van der Waals surface area contributed by atoms with Crippen LogP contribution in [0.5, 0.6) is 11.5 Å². The van der Waals surface area contributed by atoms with Crippen LogP contribution in [0.25, 0.3) is 0 Å². The number of hydrogen-bond donors (Lipinski definition) is 3. The number of rotatable bonds is 3. The number of amides is 2. The summed E-state index contributed by atoms with van der Waals surface area (Å²) in [6.45, 7) is 0.179. The van der Waals surface area contributed by atoms with Gasteiger partial charge in [0.1, 0.15) is 6.04 Å². The summed E-state index contributed by atoms with van der Waals surface area (Å²) in [5.41, 5.74) is 2.12. The second kappa shape index (κ2) is 5.77. The van der Waals surface area contributed by atoms with E-state index in [1.807, 2.05) is 24.3 Å². The Kier molecular flexibility index (Phi) is 3.45. The zero-order valence-corrected chi connectivity index (χ0v) is 12.7. The van der Waals surface area contributed by atoms with Crippen molar-refractivity contribution in [3.63, 3.8) is 0 Å². The number of benzene rings is 2. The lowest BCUT2D eigenvalue weighted by molar-refractivity contribution is -0.122. The Morgan fingerprint density at radius 2 is 1.92 bits per heavy atom. The second-order valence-electron chi connectivity index (χ2n) is 5.55. The van der Waals surface area contributed by atoms with Crippen molar-refractivity contribution in [2.75, 3.05) is 22.7 Å². The first-order chi connectivity index (χ1) is 11.7. The lowest BCUT2D eigenvalue weighted by Crippen LogP contribution is -2.41. The van der Waals surface area contributed by atoms with Crippen LogP contribution in [-0.2, 0) is 9.59 Å². The number of para-hydroxylation sites is 2. The smallest absolute Gasteiger partial charge is 0.247 e. The highest BCUT2D eigenvalue weighted by molar-refractivity contribution is 6.06. The van der Waals surface area contributed by atoms with Crippen LogP contribution in [0.15, 0.2) is 42.5 Å². The summed E-state index contributed by atoms with van der Waals surface area (Å²) < 4.78 is 10.5. The van der Waals surface area contributed by atoms with Crippen LogP contribution in [0.1, 0.15) is 6.42 Å². The Morgan fingerprint density at radius 3 is 2.79 bits per heavy atom. The molecule has 0 radical (unpaired) electrons. The van der Waals surface area contributed by atoms with Crippen molar-refractivity contribution < 1.29 is 19.1 Å². The average molecular weight is 325 g/mol. The van der Waals surface area contributed by atoms with Gasteiger partial charge < -0.3 is 25.4 Å². The fourth-order valence-electron chi connectivity index (χ4n) is 2.71. The molecule has 0 saturated heterocycles. The third kappa shape index (κ3) is 2.71. The van der Waals surface area contributed by atoms with E-state index in [2.05, 4.69) is 16.0 Å². The standard InChI is InChI=1S/C17H15N3O4/c21-16(18-10-5-6-14-15(7-10)24-9-23-14)8-13-17(22)20-12-4-2-1-3-11(12)19-13/h1-7,13,19H,8-9H2,(H,18,21)(H,20,22)/t13-/m1/s1. The Balaban J connectivity index is 1.42. The van der Waals surface area contributed by atoms with E-state index in [4.69, 9.17) is 9.47 Å². The number of anilines is 3. The Bertz CT molecular complexity index is 821. The highest BCUT2D eigenvalue weighted by atomic mass is 16.7. The predicted molar refractivity (Wildman–Crippen MR) is 88.3 cm³/mol. The van der Waals surface area contributed by atoms with Gasteiger partial charge in [-0.1, -0.05) is 12.1 Å². The fraction of sp³-hybridized carbons (Fsp3) is 0.176. The first kappa shape index (κ1) is 14.4. The molecule has 7 nitrogen and oxygen atoms in total. The van der Waals surface area contributed by atoms with Gasteiger partial charge in [-0.3, -0.25) is 9.59 Å². The van der Waals surface area contributed by atoms with Crippen molar-refractivity contribution in [2.24, 2.45) is 0 Å². The van der Waals surface area contributed by atoms with E-state index >= 15 is 0 Å². The quantitative estimate of drug-likeness (QED) is 0.805. The fourth-order valence-corrected chi connectivity index (χ4v) is 2.71. The van der Waals surface area contributed by atoms with Crippen LogP contribution in [0.2, 0.25) is 0 Å². The van der Waals surface area contributed by atoms with Gasteiger partial charge in [-0.05, 0) is 24.3 Å². The number of carbonyl (C=O) groups is 2. The van der Waals surface area contributed by atoms with E-state index in [1.165, 1.54) is 0 Å². The molecule has 0 bridgehead atoms. The maximum absolute atomic E-state index is 12.2. The number of fused-ring (bicyclic) bond motifs is 2. The molecule has 1 atom stereocenters. The van der Waals surface area contributed by atoms with Gasteiger partial charge in [-0.25, -0.2) is 0 Å². The van der Waals surface area contributed by atoms with Crippen molar-refractivity contribution in [3.05, 3.63) is 42.5 Å². The minimum absolute atomic E-state index is 0.0224. The molecule has 0 aromatic heterocycles. The van der Waals surface area contributed by atoms with Crippen molar-refractivity contribution in [3.8, 4) is 11.5 Å². The van der Waals surface area contributed by atoms with Gasteiger partial charge in [-0.2, -0.15) is 0 Å². The third-order valence-electron chi connectivity index (χ3n) is 3.88. The SMILES string of the molecule is O=C(C[C@H]1Nc2ccccc2NC1=O)Nc1ccc2c(c1)OCO2. The number of carbonyl (C=O) groups excluding carboxylic acids is 2. The molecule has 7 heteroatoms. The van der Waals surface area contributed by atoms with Gasteiger partial charge in [0, 0.05) is 11.8 Å². The molecule has 122 valence electrons. The maximum Gasteiger partial charge on any atom is 0.247 e. The second-order valence-corrected chi connectivity index (χ2v) is 5.55. The van der Waals surface area contributed by atoms with Crippen LogP contribution in [0.3, 0.4) is 0 Å². The Hall–Kier alpha value is -3.22. The van der Waals surface area contributed by atoms with E-state index in [-0.39, 0.29) is 25.0 Å². The summed E-state index contributed by atoms with van der Waals surface area (Å²) in [4.78, 5) is 24.3. The van der Waals surface area contributed by atoms with Crippen molar-refractivity contribution in [1.82, 2.24) is 0 Å². The number of ether oxygens (including phenoxy) is 2. The summed E-state index contributed by atoms with van der Waals surface area (Å²) >= 11 is 0. The lowest BCUT2D eigenvalue weighted by Gasteiger charge is -2.26. The van der Waals surface area contributed by atoms with Crippen LogP contribution < -0.4 is 25.4 Å². The molecule has 0 saturated carbocycles. The molecule has 2 aliphatic rings. The molecule has 2 amide bonds. The van der Waals surface area contributed by atoms with E-state index < -0.39 is 6.04 Å². The van der Waals surface area contributed by atoms with Crippen molar-refractivity contribution in [2.45, 2.75) is 12.5 Å². The van der Waals surface area contributed by atoms with Gasteiger partial charge >= 0.3 is 0 Å². The van der Waals surface area contributed by atoms with Gasteiger partial charge in [-0.15, -0.1) is 0 Å². The van der Waals surface area contributed by atoms with Crippen molar-refractivity contribution in [1.29, 1.82) is 0 Å². The molecule has 2 aromatic rings. The van der Waals surface area contributed by atoms with Crippen LogP contribution in [0, 0.1) is 0 Å². The minimum atomic E-state index is -0.617. The number of nitrogens with one attached hydrogen (secondary N) is 3. The molecule has 24 heavy (non-hydrogen) atoms. The molecule has 0 aliphatic carbocycles. The molecule has 2 aromatic carbocycles. The van der Waals surface area contributed by atoms with Crippen molar-refractivity contribution >= 4 is 28.9 Å². The highest BCUT2D eigenvalue weighted by Crippen LogP contribution is 2.34. The summed E-state index contributed by atoms with van der Waals surface area (Å²) in [5, 5.41) is 8.65. The zero-order valence-electron chi connectivity index (χ0n) is 12.7. The molecule has 4 rings (SSSR count). The molecule has 0 fully saturated rings. The van der Waals surface area contributed by atoms with E-state index in [0.717, 1.165) is 11.4 Å². The first-order valence-electron chi connectivity index (χ1n) is 7.55. The average Bonchev–Trinajstić information content (AvgIpc) is 3.03. The summed E-state index contributed by atoms with van der Waals surface area (Å²) in [5.74, 6) is 0.753. The summed E-state index contributed by atoms with van der Waals surface area (Å²) in [7, 11) is 0. The van der Waals surface area contributed by atoms with Gasteiger partial charge in [0.15, 0.2) is 11.5 Å². The van der Waals surface area contributed by atoms with E-state index in [0.29, 0.717) is 17.2 Å². The Labute approximate surface area is 138 Å². The maximum atomic E-state index is 12.2. The predicted octanol–water partition coefficient (Wildman–Crippen LogP) is 2.18. The monoisotopic (exact) mass is 325 g/mol. The van der Waals surface area contributed by atoms with Crippen LogP contribution in [0.4, 0.5) is 17.1 Å². The van der Waals surface area contributed by atoms with Gasteiger partial charge in [0.05, 0.1) is 17.8 Å². The normalized spacial score (nSPS) is 17.5. The van der Waals surface area contributed by atoms with E-state index in [9.17, 15) is 9.59 Å². The summed E-state index contributed by atoms with van der Waals surface area (Å²) in [6, 6.07) is 11.9. The van der Waals surface area contributed by atoms with Gasteiger partial charge in [0.2, 0.25) is 18.6 Å². The van der Waals surface area contributed by atoms with Crippen LogP contribution in [-0.4, -0.2) is 24.6 Å². The highest BCUT2D eigenvalue weighted by Gasteiger charge is 2.27. The molecule has 0 spiro atoms. The molecule has 0 unspecified atom stereocenters. The van der Waals surface area contributed by atoms with Crippen LogP contribution >= 0.6 is 0 Å². The summed E-state index contributed by atoms with van der Waals surface area (Å²) in [6.07, 6.45) is 0.0224. The lowest BCUT2D eigenvalue weighted by atomic mass is 10.1. The van der Waals surface area contributed by atoms with E-state index in [1.54, 1.807) is 18.2 Å². The largest absolute Gasteiger partial charge is 0.454 e. The molecular weight excluding hydrogens is 310 g/mol. The number of hydrogen-bond acceptors (Lipinski definition) is 5. The van der Waals surface area contributed by atoms with Gasteiger partial charge in [0.25, 0.3) is 0 Å². The topological polar surface area (TPSA) is 88.7 Å². The third-order valence-corrected chi connectivity index (χ3v) is 3.88. The molecule has 2 heterocycles. The Morgan fingerprint density at radius 1 is 1.12 bits per heavy atom. The first-order valence-corrected chi connectivity index (χ1v) is 7.55. The molecule has 2 aliphatic heterocycles. The molecule has 3 N–H and O–H groups in total.